The molecule has 8 heavy (non-hydrogen) atoms. The van der Waals surface area contributed by atoms with Crippen molar-refractivity contribution in [2.45, 2.75) is 0 Å². The first kappa shape index (κ1) is 5.03. The van der Waals surface area contributed by atoms with E-state index in [9.17, 15) is 0 Å². The van der Waals surface area contributed by atoms with Gasteiger partial charge < -0.3 is 0 Å². The summed E-state index contributed by atoms with van der Waals surface area (Å²) < 4.78 is 1.56. The SMILES string of the molecule is CO[n+]1ccncc1. The van der Waals surface area contributed by atoms with E-state index in [2.05, 4.69) is 4.98 Å². The first-order chi connectivity index (χ1) is 3.93. The third kappa shape index (κ3) is 0.932. The van der Waals surface area contributed by atoms with Crippen molar-refractivity contribution in [2.24, 2.45) is 0 Å². The van der Waals surface area contributed by atoms with Gasteiger partial charge in [0.1, 0.15) is 7.11 Å². The van der Waals surface area contributed by atoms with Crippen molar-refractivity contribution in [3.8, 4) is 0 Å². The van der Waals surface area contributed by atoms with Crippen LogP contribution in [-0.2, 0) is 0 Å². The summed E-state index contributed by atoms with van der Waals surface area (Å²) in [4.78, 5) is 8.58. The molecule has 0 bridgehead atoms. The van der Waals surface area contributed by atoms with Crippen molar-refractivity contribution < 1.29 is 9.57 Å². The smallest absolute Gasteiger partial charge is 0.240 e. The molecular weight excluding hydrogens is 104 g/mol. The Morgan fingerprint density at radius 2 is 2.00 bits per heavy atom. The summed E-state index contributed by atoms with van der Waals surface area (Å²) in [6.07, 6.45) is 6.76. The van der Waals surface area contributed by atoms with Crippen LogP contribution < -0.4 is 9.57 Å². The van der Waals surface area contributed by atoms with Gasteiger partial charge in [0.15, 0.2) is 0 Å². The largest absolute Gasteiger partial charge is 0.275 e. The van der Waals surface area contributed by atoms with Crippen LogP contribution in [0.1, 0.15) is 0 Å². The molecule has 0 aliphatic heterocycles. The molecule has 0 spiro atoms. The lowest BCUT2D eigenvalue weighted by molar-refractivity contribution is -0.885. The molecule has 1 heterocycles. The molecule has 42 valence electrons. The van der Waals surface area contributed by atoms with Crippen LogP contribution in [-0.4, -0.2) is 12.1 Å². The zero-order chi connectivity index (χ0) is 5.82. The first-order valence-electron chi connectivity index (χ1n) is 2.29. The molecule has 0 radical (unpaired) electrons. The van der Waals surface area contributed by atoms with Crippen molar-refractivity contribution in [3.63, 3.8) is 0 Å². The third-order valence-corrected chi connectivity index (χ3v) is 0.810. The van der Waals surface area contributed by atoms with Crippen molar-refractivity contribution in [1.82, 2.24) is 4.98 Å². The maximum Gasteiger partial charge on any atom is 0.240 e. The Hall–Kier alpha value is -1.12. The van der Waals surface area contributed by atoms with Crippen molar-refractivity contribution in [3.05, 3.63) is 24.8 Å². The molecule has 0 saturated carbocycles. The molecule has 0 saturated heterocycles. The fourth-order valence-corrected chi connectivity index (χ4v) is 0.429. The van der Waals surface area contributed by atoms with Crippen LogP contribution >= 0.6 is 0 Å². The van der Waals surface area contributed by atoms with Gasteiger partial charge in [0, 0.05) is 4.73 Å². The number of aromatic nitrogens is 2. The molecule has 1 aromatic heterocycles. The lowest BCUT2D eigenvalue weighted by Crippen LogP contribution is -2.39. The van der Waals surface area contributed by atoms with E-state index in [0.29, 0.717) is 0 Å². The summed E-state index contributed by atoms with van der Waals surface area (Å²) in [5, 5.41) is 0. The quantitative estimate of drug-likeness (QED) is 0.453. The molecule has 1 rings (SSSR count). The molecule has 0 atom stereocenters. The number of rotatable bonds is 1. The van der Waals surface area contributed by atoms with E-state index in [1.54, 1.807) is 36.6 Å². The summed E-state index contributed by atoms with van der Waals surface area (Å²) >= 11 is 0. The van der Waals surface area contributed by atoms with Gasteiger partial charge in [0.25, 0.3) is 0 Å². The number of nitrogens with zero attached hydrogens (tertiary/aromatic N) is 2. The minimum absolute atomic E-state index is 1.56. The zero-order valence-electron chi connectivity index (χ0n) is 4.61. The molecule has 0 fully saturated rings. The second-order valence-electron chi connectivity index (χ2n) is 1.29. The molecule has 0 unspecified atom stereocenters. The fraction of sp³-hybridized carbons (Fsp3) is 0.200. The minimum atomic E-state index is 1.56. The third-order valence-electron chi connectivity index (χ3n) is 0.810. The average molecular weight is 111 g/mol. The topological polar surface area (TPSA) is 26.0 Å². The van der Waals surface area contributed by atoms with E-state index in [1.807, 2.05) is 0 Å². The predicted molar refractivity (Wildman–Crippen MR) is 26.9 cm³/mol. The molecule has 0 N–H and O–H groups in total. The molecule has 0 aromatic carbocycles. The summed E-state index contributed by atoms with van der Waals surface area (Å²) in [6, 6.07) is 0. The van der Waals surface area contributed by atoms with E-state index >= 15 is 0 Å². The van der Waals surface area contributed by atoms with Gasteiger partial charge in [-0.2, -0.15) is 0 Å². The van der Waals surface area contributed by atoms with Crippen molar-refractivity contribution >= 4 is 0 Å². The maximum atomic E-state index is 4.79. The number of hydrogen-bond acceptors (Lipinski definition) is 2. The van der Waals surface area contributed by atoms with Crippen molar-refractivity contribution in [1.29, 1.82) is 0 Å². The van der Waals surface area contributed by atoms with Crippen LogP contribution in [0.5, 0.6) is 0 Å². The Morgan fingerprint density at radius 3 is 2.38 bits per heavy atom. The highest BCUT2D eigenvalue weighted by Gasteiger charge is 1.89. The average Bonchev–Trinajstić information content (AvgIpc) is 1.90. The zero-order valence-corrected chi connectivity index (χ0v) is 4.61. The second-order valence-corrected chi connectivity index (χ2v) is 1.29. The van der Waals surface area contributed by atoms with Gasteiger partial charge in [0.2, 0.25) is 12.4 Å². The Bertz CT molecular complexity index is 152. The van der Waals surface area contributed by atoms with E-state index in [1.165, 1.54) is 0 Å². The Balaban J connectivity index is 2.83. The highest BCUT2D eigenvalue weighted by atomic mass is 16.6. The van der Waals surface area contributed by atoms with E-state index < -0.39 is 0 Å². The fourth-order valence-electron chi connectivity index (χ4n) is 0.429. The van der Waals surface area contributed by atoms with Gasteiger partial charge in [-0.05, 0) is 0 Å². The van der Waals surface area contributed by atoms with Gasteiger partial charge in [0.05, 0.1) is 12.4 Å². The first-order valence-corrected chi connectivity index (χ1v) is 2.29. The summed E-state index contributed by atoms with van der Waals surface area (Å²) in [7, 11) is 1.60. The predicted octanol–water partition coefficient (Wildman–Crippen LogP) is -0.573. The van der Waals surface area contributed by atoms with Crippen LogP contribution in [0.4, 0.5) is 0 Å². The number of hydrogen-bond donors (Lipinski definition) is 0. The Kier molecular flexibility index (Phi) is 1.42. The van der Waals surface area contributed by atoms with Gasteiger partial charge in [-0.15, -0.1) is 0 Å². The standard InChI is InChI=1S/C5H7N2O/c1-8-7-4-2-6-3-5-7/h2-5H,1H3/q+1. The normalized spacial score (nSPS) is 8.62. The molecule has 0 aliphatic carbocycles. The Labute approximate surface area is 47.5 Å². The van der Waals surface area contributed by atoms with Crippen molar-refractivity contribution in [2.75, 3.05) is 7.11 Å². The van der Waals surface area contributed by atoms with Crippen LogP contribution in [0.15, 0.2) is 24.8 Å². The monoisotopic (exact) mass is 111 g/mol. The van der Waals surface area contributed by atoms with Gasteiger partial charge >= 0.3 is 0 Å². The van der Waals surface area contributed by atoms with Crippen LogP contribution in [0.3, 0.4) is 0 Å². The van der Waals surface area contributed by atoms with E-state index in [-0.39, 0.29) is 0 Å². The maximum absolute atomic E-state index is 4.79. The minimum Gasteiger partial charge on any atom is -0.275 e. The summed E-state index contributed by atoms with van der Waals surface area (Å²) in [5.74, 6) is 0. The van der Waals surface area contributed by atoms with Crippen LogP contribution in [0.25, 0.3) is 0 Å². The van der Waals surface area contributed by atoms with Gasteiger partial charge in [-0.1, -0.05) is 0 Å². The lowest BCUT2D eigenvalue weighted by atomic mass is 10.8. The van der Waals surface area contributed by atoms with E-state index in [0.717, 1.165) is 0 Å². The van der Waals surface area contributed by atoms with Crippen LogP contribution in [0.2, 0.25) is 0 Å². The van der Waals surface area contributed by atoms with Gasteiger partial charge in [-0.3, -0.25) is 9.82 Å². The second kappa shape index (κ2) is 2.26. The van der Waals surface area contributed by atoms with Crippen LogP contribution in [0, 0.1) is 0 Å². The Morgan fingerprint density at radius 1 is 1.38 bits per heavy atom. The highest BCUT2D eigenvalue weighted by molar-refractivity contribution is 4.61. The van der Waals surface area contributed by atoms with E-state index in [4.69, 9.17) is 4.84 Å². The molecule has 1 aromatic rings. The molecule has 0 amide bonds. The molecule has 3 heteroatoms. The molecule has 0 aliphatic rings. The summed E-state index contributed by atoms with van der Waals surface area (Å²) in [6.45, 7) is 0. The molecule has 3 nitrogen and oxygen atoms in total. The van der Waals surface area contributed by atoms with Gasteiger partial charge in [-0.25, -0.2) is 0 Å². The highest BCUT2D eigenvalue weighted by Crippen LogP contribution is 1.64. The summed E-state index contributed by atoms with van der Waals surface area (Å²) in [5.41, 5.74) is 0. The lowest BCUT2D eigenvalue weighted by Gasteiger charge is -1.84. The molecular formula is C5H7N2O+.